The van der Waals surface area contributed by atoms with Crippen molar-refractivity contribution in [3.05, 3.63) is 47.5 Å². The van der Waals surface area contributed by atoms with E-state index in [1.54, 1.807) is 0 Å². The molecule has 1 saturated heterocycles. The lowest BCUT2D eigenvalue weighted by atomic mass is 9.85. The molecule has 1 aromatic carbocycles. The van der Waals surface area contributed by atoms with E-state index < -0.39 is 0 Å². The number of allylic oxidation sites excluding steroid dienone is 2. The Kier molecular flexibility index (Phi) is 6.94. The van der Waals surface area contributed by atoms with Crippen molar-refractivity contribution >= 4 is 17.8 Å². The monoisotopic (exact) mass is 438 g/mol. The number of nitrogens with zero attached hydrogens (tertiary/aromatic N) is 2. The van der Waals surface area contributed by atoms with Crippen molar-refractivity contribution < 1.29 is 14.3 Å². The molecule has 2 amide bonds. The lowest BCUT2D eigenvalue weighted by molar-refractivity contribution is -0.140. The van der Waals surface area contributed by atoms with Gasteiger partial charge in [0.15, 0.2) is 5.96 Å². The van der Waals surface area contributed by atoms with E-state index in [0.29, 0.717) is 32.2 Å². The molecule has 1 heterocycles. The van der Waals surface area contributed by atoms with E-state index >= 15 is 0 Å². The molecular formula is C25H34N4O3. The molecule has 2 fully saturated rings. The van der Waals surface area contributed by atoms with Crippen LogP contribution in [-0.2, 0) is 27.5 Å². The van der Waals surface area contributed by atoms with Crippen molar-refractivity contribution in [3.8, 4) is 0 Å². The minimum atomic E-state index is -0.131. The third-order valence-corrected chi connectivity index (χ3v) is 6.56. The van der Waals surface area contributed by atoms with Gasteiger partial charge in [-0.05, 0) is 50.2 Å². The summed E-state index contributed by atoms with van der Waals surface area (Å²) in [4.78, 5) is 31.7. The molecular weight excluding hydrogens is 404 g/mol. The minimum Gasteiger partial charge on any atom is -0.374 e. The zero-order valence-electron chi connectivity index (χ0n) is 19.2. The Morgan fingerprint density at radius 1 is 1.06 bits per heavy atom. The Balaban J connectivity index is 1.28. The molecule has 0 radical (unpaired) electrons. The highest BCUT2D eigenvalue weighted by molar-refractivity contribution is 6.06. The fraction of sp³-hybridized carbons (Fsp3) is 0.560. The van der Waals surface area contributed by atoms with Crippen LogP contribution >= 0.6 is 0 Å². The maximum atomic E-state index is 12.8. The summed E-state index contributed by atoms with van der Waals surface area (Å²) in [5, 5.41) is 6.49. The molecule has 1 aliphatic heterocycles. The first-order chi connectivity index (χ1) is 15.5. The zero-order chi connectivity index (χ0) is 22.7. The normalized spacial score (nSPS) is 26.4. The maximum absolute atomic E-state index is 12.8. The Labute approximate surface area is 190 Å². The summed E-state index contributed by atoms with van der Waals surface area (Å²) in [7, 11) is 0. The van der Waals surface area contributed by atoms with Gasteiger partial charge in [-0.15, -0.1) is 0 Å². The third kappa shape index (κ3) is 4.72. The largest absolute Gasteiger partial charge is 0.374 e. The Bertz CT molecular complexity index is 863. The van der Waals surface area contributed by atoms with Crippen LogP contribution in [0.1, 0.15) is 38.3 Å². The molecule has 0 spiro atoms. The number of likely N-dealkylation sites (tertiary alicyclic amines) is 1. The van der Waals surface area contributed by atoms with Gasteiger partial charge in [-0.2, -0.15) is 0 Å². The van der Waals surface area contributed by atoms with Crippen molar-refractivity contribution in [3.63, 3.8) is 0 Å². The molecule has 7 heteroatoms. The molecule has 2 N–H and O–H groups in total. The Morgan fingerprint density at radius 2 is 1.69 bits per heavy atom. The van der Waals surface area contributed by atoms with Crippen molar-refractivity contribution in [2.24, 2.45) is 28.7 Å². The van der Waals surface area contributed by atoms with Gasteiger partial charge in [0.1, 0.15) is 0 Å². The van der Waals surface area contributed by atoms with Gasteiger partial charge in [-0.1, -0.05) is 36.4 Å². The number of rotatable bonds is 9. The quantitative estimate of drug-likeness (QED) is 0.268. The molecule has 4 unspecified atom stereocenters. The highest BCUT2D eigenvalue weighted by Gasteiger charge is 2.58. The summed E-state index contributed by atoms with van der Waals surface area (Å²) in [6, 6.07) is 8.26. The van der Waals surface area contributed by atoms with Crippen LogP contribution in [0.15, 0.2) is 41.4 Å². The molecule has 7 nitrogen and oxygen atoms in total. The fourth-order valence-corrected chi connectivity index (χ4v) is 4.99. The van der Waals surface area contributed by atoms with Crippen LogP contribution in [0.5, 0.6) is 0 Å². The highest BCUT2D eigenvalue weighted by atomic mass is 16.5. The average molecular weight is 439 g/mol. The summed E-state index contributed by atoms with van der Waals surface area (Å²) in [5.41, 5.74) is 2.25. The van der Waals surface area contributed by atoms with E-state index in [9.17, 15) is 9.59 Å². The fourth-order valence-electron chi connectivity index (χ4n) is 4.99. The van der Waals surface area contributed by atoms with Gasteiger partial charge in [0, 0.05) is 19.6 Å². The first-order valence-corrected chi connectivity index (χ1v) is 11.7. The summed E-state index contributed by atoms with van der Waals surface area (Å²) in [5.74, 6) is 0.926. The first-order valence-electron chi connectivity index (χ1n) is 11.7. The number of fused-ring (bicyclic) bond motifs is 5. The highest BCUT2D eigenvalue weighted by Crippen LogP contribution is 2.52. The first kappa shape index (κ1) is 22.5. The molecule has 3 aliphatic rings. The van der Waals surface area contributed by atoms with E-state index in [1.165, 1.54) is 4.90 Å². The van der Waals surface area contributed by atoms with E-state index in [2.05, 4.69) is 52.0 Å². The molecule has 172 valence electrons. The van der Waals surface area contributed by atoms with Gasteiger partial charge in [0.2, 0.25) is 11.8 Å². The summed E-state index contributed by atoms with van der Waals surface area (Å²) in [6.07, 6.45) is 5.42. The number of ether oxygens (including phenoxy) is 1. The average Bonchev–Trinajstić information content (AvgIpc) is 3.46. The summed E-state index contributed by atoms with van der Waals surface area (Å²) < 4.78 is 5.64. The van der Waals surface area contributed by atoms with Crippen LogP contribution < -0.4 is 10.6 Å². The number of nitrogens with one attached hydrogen (secondary N) is 2. The van der Waals surface area contributed by atoms with Gasteiger partial charge < -0.3 is 15.4 Å². The number of carbonyl (C=O) groups excluding carboxylic acids is 2. The van der Waals surface area contributed by atoms with Gasteiger partial charge in [-0.3, -0.25) is 14.5 Å². The van der Waals surface area contributed by atoms with Crippen LogP contribution in [0.3, 0.4) is 0 Å². The van der Waals surface area contributed by atoms with E-state index in [4.69, 9.17) is 4.74 Å². The lowest BCUT2D eigenvalue weighted by Gasteiger charge is -2.18. The van der Waals surface area contributed by atoms with Crippen LogP contribution in [0.4, 0.5) is 0 Å². The van der Waals surface area contributed by atoms with Gasteiger partial charge in [0.25, 0.3) is 0 Å². The van der Waals surface area contributed by atoms with Gasteiger partial charge >= 0.3 is 0 Å². The van der Waals surface area contributed by atoms with Crippen LogP contribution in [0.2, 0.25) is 0 Å². The van der Waals surface area contributed by atoms with Crippen molar-refractivity contribution in [1.82, 2.24) is 15.5 Å². The minimum absolute atomic E-state index is 0.00197. The second-order valence-electron chi connectivity index (χ2n) is 9.13. The smallest absolute Gasteiger partial charge is 0.233 e. The number of benzene rings is 1. The number of carbonyl (C=O) groups is 2. The molecule has 2 bridgehead atoms. The topological polar surface area (TPSA) is 83.0 Å². The predicted octanol–water partition coefficient (Wildman–Crippen LogP) is 2.47. The molecule has 1 saturated carbocycles. The van der Waals surface area contributed by atoms with Gasteiger partial charge in [-0.25, -0.2) is 4.99 Å². The Hall–Kier alpha value is -2.67. The van der Waals surface area contributed by atoms with Crippen LogP contribution in [0.25, 0.3) is 0 Å². The van der Waals surface area contributed by atoms with Crippen molar-refractivity contribution in [2.75, 3.05) is 19.6 Å². The molecule has 4 rings (SSSR count). The third-order valence-electron chi connectivity index (χ3n) is 6.56. The van der Waals surface area contributed by atoms with Crippen molar-refractivity contribution in [2.45, 2.75) is 46.4 Å². The lowest BCUT2D eigenvalue weighted by Crippen LogP contribution is -2.43. The second kappa shape index (κ2) is 9.86. The van der Waals surface area contributed by atoms with E-state index in [-0.39, 0.29) is 41.6 Å². The standard InChI is InChI=1S/C25H34N4O3/c1-4-26-25(28-14-17-5-7-18(8-6-17)15-32-16(2)3)27-11-12-29-23(30)21-19-9-10-20(13-19)22(21)24(29)31/h5-10,16,19-22H,4,11-15H2,1-3H3,(H2,26,27,28). The summed E-state index contributed by atoms with van der Waals surface area (Å²) in [6.45, 7) is 8.81. The van der Waals surface area contributed by atoms with Crippen LogP contribution in [0, 0.1) is 23.7 Å². The summed E-state index contributed by atoms with van der Waals surface area (Å²) >= 11 is 0. The van der Waals surface area contributed by atoms with Crippen molar-refractivity contribution in [1.29, 1.82) is 0 Å². The number of hydrogen-bond donors (Lipinski definition) is 2. The number of aliphatic imine (C=N–C) groups is 1. The van der Waals surface area contributed by atoms with E-state index in [0.717, 1.165) is 24.1 Å². The zero-order valence-corrected chi connectivity index (χ0v) is 19.2. The predicted molar refractivity (Wildman–Crippen MR) is 124 cm³/mol. The van der Waals surface area contributed by atoms with E-state index in [1.807, 2.05) is 20.8 Å². The number of hydrogen-bond acceptors (Lipinski definition) is 4. The molecule has 4 atom stereocenters. The van der Waals surface area contributed by atoms with Gasteiger partial charge in [0.05, 0.1) is 31.1 Å². The van der Waals surface area contributed by atoms with Crippen LogP contribution in [-0.4, -0.2) is 48.4 Å². The molecule has 0 aromatic heterocycles. The number of amides is 2. The SMILES string of the molecule is CCNC(=NCc1ccc(COC(C)C)cc1)NCCN1C(=O)C2C3C=CC(C3)C2C1=O. The number of guanidine groups is 1. The second-order valence-corrected chi connectivity index (χ2v) is 9.13. The number of imide groups is 1. The molecule has 2 aliphatic carbocycles. The maximum Gasteiger partial charge on any atom is 0.233 e. The Morgan fingerprint density at radius 3 is 2.28 bits per heavy atom. The molecule has 1 aromatic rings. The molecule has 32 heavy (non-hydrogen) atoms.